The average Bonchev–Trinajstić information content (AvgIpc) is 3.05. The number of hydrogen-bond donors (Lipinski definition) is 0. The minimum atomic E-state index is 0.672. The van der Waals surface area contributed by atoms with Gasteiger partial charge in [-0.3, -0.25) is 10.00 Å². The van der Waals surface area contributed by atoms with Gasteiger partial charge in [0.2, 0.25) is 0 Å². The zero-order valence-electron chi connectivity index (χ0n) is 11.8. The SMILES string of the molecule is CCN(CC)Cc1[n-]c2nncn2c1-c1ccccc1. The van der Waals surface area contributed by atoms with Crippen molar-refractivity contribution in [1.29, 1.82) is 0 Å². The van der Waals surface area contributed by atoms with Crippen molar-refractivity contribution in [1.82, 2.24) is 24.5 Å². The zero-order valence-corrected chi connectivity index (χ0v) is 11.8. The minimum Gasteiger partial charge on any atom is -0.360 e. The van der Waals surface area contributed by atoms with Crippen LogP contribution in [-0.2, 0) is 6.54 Å². The van der Waals surface area contributed by atoms with Gasteiger partial charge in [-0.15, -0.1) is 0 Å². The molecule has 1 aromatic carbocycles. The van der Waals surface area contributed by atoms with E-state index in [1.54, 1.807) is 6.33 Å². The van der Waals surface area contributed by atoms with E-state index < -0.39 is 0 Å². The first kappa shape index (κ1) is 12.9. The van der Waals surface area contributed by atoms with Gasteiger partial charge in [-0.1, -0.05) is 44.2 Å². The Hall–Kier alpha value is -2.14. The fourth-order valence-electron chi connectivity index (χ4n) is 2.45. The van der Waals surface area contributed by atoms with Gasteiger partial charge in [-0.05, 0) is 24.3 Å². The second kappa shape index (κ2) is 5.46. The van der Waals surface area contributed by atoms with Crippen LogP contribution in [0.15, 0.2) is 36.7 Å². The maximum absolute atomic E-state index is 4.63. The normalized spacial score (nSPS) is 11.6. The van der Waals surface area contributed by atoms with Crippen molar-refractivity contribution in [2.75, 3.05) is 13.1 Å². The predicted molar refractivity (Wildman–Crippen MR) is 78.4 cm³/mol. The molecule has 0 aliphatic carbocycles. The van der Waals surface area contributed by atoms with Crippen LogP contribution in [-0.4, -0.2) is 32.6 Å². The monoisotopic (exact) mass is 268 g/mol. The van der Waals surface area contributed by atoms with E-state index in [2.05, 4.69) is 46.1 Å². The minimum absolute atomic E-state index is 0.672. The second-order valence-corrected chi connectivity index (χ2v) is 4.74. The molecule has 2 aromatic heterocycles. The van der Waals surface area contributed by atoms with Gasteiger partial charge in [0.15, 0.2) is 0 Å². The summed E-state index contributed by atoms with van der Waals surface area (Å²) in [6.45, 7) is 7.19. The van der Waals surface area contributed by atoms with Gasteiger partial charge < -0.3 is 9.38 Å². The fraction of sp³-hybridized carbons (Fsp3) is 0.333. The number of benzene rings is 1. The van der Waals surface area contributed by atoms with Crippen LogP contribution in [0.25, 0.3) is 17.0 Å². The first-order valence-electron chi connectivity index (χ1n) is 6.96. The fourth-order valence-corrected chi connectivity index (χ4v) is 2.45. The highest BCUT2D eigenvalue weighted by atomic mass is 15.3. The van der Waals surface area contributed by atoms with Crippen LogP contribution in [0.1, 0.15) is 19.5 Å². The first-order chi connectivity index (χ1) is 9.83. The van der Waals surface area contributed by atoms with E-state index in [9.17, 15) is 0 Å². The largest absolute Gasteiger partial charge is 0.360 e. The van der Waals surface area contributed by atoms with Crippen molar-refractivity contribution in [2.45, 2.75) is 20.4 Å². The van der Waals surface area contributed by atoms with Gasteiger partial charge in [0.1, 0.15) is 0 Å². The smallest absolute Gasteiger partial charge is 0.0517 e. The maximum atomic E-state index is 4.63. The van der Waals surface area contributed by atoms with Crippen molar-refractivity contribution >= 4 is 5.78 Å². The van der Waals surface area contributed by atoms with Crippen molar-refractivity contribution in [3.05, 3.63) is 42.4 Å². The Morgan fingerprint density at radius 1 is 1.15 bits per heavy atom. The molecule has 0 spiro atoms. The van der Waals surface area contributed by atoms with Crippen LogP contribution in [0.3, 0.4) is 0 Å². The Labute approximate surface area is 118 Å². The highest BCUT2D eigenvalue weighted by molar-refractivity contribution is 5.65. The zero-order chi connectivity index (χ0) is 13.9. The van der Waals surface area contributed by atoms with E-state index in [0.717, 1.165) is 36.6 Å². The molecule has 5 heteroatoms. The molecule has 0 saturated heterocycles. The number of rotatable bonds is 5. The number of imidazole rings is 1. The standard InChI is InChI=1S/C15H18N5/c1-3-19(4-2)10-13-14(12-8-6-5-7-9-12)20-11-16-18-15(20)17-13/h5-9,11H,3-4,10H2,1-2H3/q-1. The van der Waals surface area contributed by atoms with Gasteiger partial charge in [0, 0.05) is 18.0 Å². The molecule has 0 aliphatic heterocycles. The Kier molecular flexibility index (Phi) is 3.52. The summed E-state index contributed by atoms with van der Waals surface area (Å²) in [4.78, 5) is 6.98. The molecule has 0 fully saturated rings. The molecule has 0 atom stereocenters. The molecule has 0 radical (unpaired) electrons. The molecule has 0 aliphatic rings. The Bertz CT molecular complexity index is 679. The van der Waals surface area contributed by atoms with Gasteiger partial charge in [0.25, 0.3) is 0 Å². The highest BCUT2D eigenvalue weighted by Gasteiger charge is 2.10. The molecule has 3 rings (SSSR count). The summed E-state index contributed by atoms with van der Waals surface area (Å²) in [5, 5.41) is 8.01. The number of hydrogen-bond acceptors (Lipinski definition) is 3. The Morgan fingerprint density at radius 3 is 2.60 bits per heavy atom. The third kappa shape index (κ3) is 2.20. The van der Waals surface area contributed by atoms with Crippen molar-refractivity contribution in [3.63, 3.8) is 0 Å². The van der Waals surface area contributed by atoms with Gasteiger partial charge in [-0.2, -0.15) is 0 Å². The average molecular weight is 268 g/mol. The van der Waals surface area contributed by atoms with Crippen molar-refractivity contribution in [3.8, 4) is 11.3 Å². The molecular formula is C15H18N5-. The number of fused-ring (bicyclic) bond motifs is 1. The molecule has 0 saturated carbocycles. The number of aromatic nitrogens is 4. The lowest BCUT2D eigenvalue weighted by molar-refractivity contribution is 0.293. The van der Waals surface area contributed by atoms with E-state index in [-0.39, 0.29) is 0 Å². The van der Waals surface area contributed by atoms with Crippen molar-refractivity contribution < 1.29 is 0 Å². The summed E-state index contributed by atoms with van der Waals surface area (Å²) in [5.74, 6) is 0.672. The van der Waals surface area contributed by atoms with E-state index >= 15 is 0 Å². The molecule has 2 heterocycles. The number of nitrogens with zero attached hydrogens (tertiary/aromatic N) is 5. The van der Waals surface area contributed by atoms with Crippen LogP contribution in [0, 0.1) is 0 Å². The van der Waals surface area contributed by atoms with E-state index in [1.165, 1.54) is 0 Å². The van der Waals surface area contributed by atoms with Crippen LogP contribution in [0.2, 0.25) is 0 Å². The van der Waals surface area contributed by atoms with Crippen LogP contribution in [0.4, 0.5) is 0 Å². The molecule has 5 nitrogen and oxygen atoms in total. The summed E-state index contributed by atoms with van der Waals surface area (Å²) in [5.41, 5.74) is 3.30. The molecule has 3 aromatic rings. The summed E-state index contributed by atoms with van der Waals surface area (Å²) < 4.78 is 1.97. The highest BCUT2D eigenvalue weighted by Crippen LogP contribution is 2.24. The van der Waals surface area contributed by atoms with Gasteiger partial charge >= 0.3 is 0 Å². The third-order valence-corrected chi connectivity index (χ3v) is 3.59. The Balaban J connectivity index is 2.10. The summed E-state index contributed by atoms with van der Waals surface area (Å²) in [6.07, 6.45) is 1.73. The van der Waals surface area contributed by atoms with Crippen LogP contribution < -0.4 is 4.98 Å². The van der Waals surface area contributed by atoms with E-state index in [0.29, 0.717) is 5.78 Å². The molecule has 104 valence electrons. The lowest BCUT2D eigenvalue weighted by Crippen LogP contribution is -2.23. The van der Waals surface area contributed by atoms with Crippen LogP contribution in [0.5, 0.6) is 0 Å². The lowest BCUT2D eigenvalue weighted by Gasteiger charge is -2.19. The molecular weight excluding hydrogens is 250 g/mol. The summed E-state index contributed by atoms with van der Waals surface area (Å²) in [6, 6.07) is 10.3. The van der Waals surface area contributed by atoms with E-state index in [1.807, 2.05) is 22.6 Å². The quantitative estimate of drug-likeness (QED) is 0.711. The lowest BCUT2D eigenvalue weighted by atomic mass is 10.1. The molecule has 0 amide bonds. The predicted octanol–water partition coefficient (Wildman–Crippen LogP) is 2.20. The van der Waals surface area contributed by atoms with E-state index in [4.69, 9.17) is 0 Å². The first-order valence-corrected chi connectivity index (χ1v) is 6.96. The summed E-state index contributed by atoms with van der Waals surface area (Å²) in [7, 11) is 0. The molecule has 0 N–H and O–H groups in total. The third-order valence-electron chi connectivity index (χ3n) is 3.59. The van der Waals surface area contributed by atoms with Crippen LogP contribution >= 0.6 is 0 Å². The topological polar surface area (TPSA) is 47.5 Å². The maximum Gasteiger partial charge on any atom is 0.0517 e. The van der Waals surface area contributed by atoms with Gasteiger partial charge in [-0.25, -0.2) is 5.10 Å². The molecule has 0 bridgehead atoms. The van der Waals surface area contributed by atoms with Crippen molar-refractivity contribution in [2.24, 2.45) is 0 Å². The second-order valence-electron chi connectivity index (χ2n) is 4.74. The molecule has 20 heavy (non-hydrogen) atoms. The Morgan fingerprint density at radius 2 is 1.90 bits per heavy atom. The summed E-state index contributed by atoms with van der Waals surface area (Å²) >= 11 is 0. The van der Waals surface area contributed by atoms with Gasteiger partial charge in [0.05, 0.1) is 6.33 Å². The molecule has 0 unspecified atom stereocenters.